The third-order valence-corrected chi connectivity index (χ3v) is 4.51. The monoisotopic (exact) mass is 398 g/mol. The molecule has 2 atom stereocenters. The van der Waals surface area contributed by atoms with Gasteiger partial charge in [-0.2, -0.15) is 5.10 Å². The molecule has 3 rings (SSSR count). The van der Waals surface area contributed by atoms with Gasteiger partial charge in [0.15, 0.2) is 0 Å². The quantitative estimate of drug-likeness (QED) is 0.834. The Morgan fingerprint density at radius 1 is 1.48 bits per heavy atom. The summed E-state index contributed by atoms with van der Waals surface area (Å²) in [5, 5.41) is 10.7. The lowest BCUT2D eigenvalue weighted by molar-refractivity contribution is 0.0914. The molecule has 124 valence electrons. The van der Waals surface area contributed by atoms with E-state index in [0.29, 0.717) is 11.5 Å². The van der Waals surface area contributed by atoms with E-state index >= 15 is 0 Å². The van der Waals surface area contributed by atoms with Gasteiger partial charge in [0.25, 0.3) is 5.91 Å². The zero-order valence-electron chi connectivity index (χ0n) is 12.8. The Labute approximate surface area is 150 Å². The van der Waals surface area contributed by atoms with E-state index in [1.54, 1.807) is 17.1 Å². The van der Waals surface area contributed by atoms with Gasteiger partial charge < -0.3 is 10.6 Å². The second-order valence-corrected chi connectivity index (χ2v) is 6.62. The molecule has 2 aromatic rings. The highest BCUT2D eigenvalue weighted by atomic mass is 79.9. The Balaban J connectivity index is 0.00000192. The lowest BCUT2D eigenvalue weighted by Gasteiger charge is -2.30. The van der Waals surface area contributed by atoms with Crippen molar-refractivity contribution in [3.63, 3.8) is 0 Å². The van der Waals surface area contributed by atoms with Gasteiger partial charge in [0, 0.05) is 16.7 Å². The molecule has 0 spiro atoms. The van der Waals surface area contributed by atoms with Crippen molar-refractivity contribution >= 4 is 34.2 Å². The van der Waals surface area contributed by atoms with Crippen molar-refractivity contribution in [2.45, 2.75) is 19.4 Å². The van der Waals surface area contributed by atoms with Crippen molar-refractivity contribution in [3.05, 3.63) is 46.7 Å². The van der Waals surface area contributed by atoms with Crippen molar-refractivity contribution in [2.24, 2.45) is 5.92 Å². The molecule has 1 amide bonds. The number of carbonyl (C=O) groups is 1. The molecular formula is C16H20BrClN4O. The van der Waals surface area contributed by atoms with Crippen LogP contribution in [0.1, 0.15) is 23.7 Å². The Morgan fingerprint density at radius 3 is 3.04 bits per heavy atom. The van der Waals surface area contributed by atoms with Gasteiger partial charge >= 0.3 is 0 Å². The summed E-state index contributed by atoms with van der Waals surface area (Å²) >= 11 is 3.44. The van der Waals surface area contributed by atoms with Gasteiger partial charge in [0.1, 0.15) is 0 Å². The van der Waals surface area contributed by atoms with E-state index in [4.69, 9.17) is 0 Å². The number of nitrogens with zero attached hydrogens (tertiary/aromatic N) is 2. The molecule has 1 fully saturated rings. The van der Waals surface area contributed by atoms with Crippen molar-refractivity contribution in [3.8, 4) is 5.69 Å². The van der Waals surface area contributed by atoms with Gasteiger partial charge in [-0.1, -0.05) is 28.9 Å². The van der Waals surface area contributed by atoms with Gasteiger partial charge in [-0.3, -0.25) is 4.79 Å². The van der Waals surface area contributed by atoms with Crippen LogP contribution in [0.25, 0.3) is 5.69 Å². The van der Waals surface area contributed by atoms with E-state index in [-0.39, 0.29) is 24.4 Å². The Hall–Kier alpha value is -1.37. The van der Waals surface area contributed by atoms with E-state index in [0.717, 1.165) is 29.7 Å². The molecule has 2 heterocycles. The first kappa shape index (κ1) is 18.0. The van der Waals surface area contributed by atoms with E-state index < -0.39 is 0 Å². The number of rotatable bonds is 3. The highest BCUT2D eigenvalue weighted by Gasteiger charge is 2.23. The summed E-state index contributed by atoms with van der Waals surface area (Å²) in [4.78, 5) is 12.4. The summed E-state index contributed by atoms with van der Waals surface area (Å²) in [7, 11) is 0. The fraction of sp³-hybridized carbons (Fsp3) is 0.375. The molecule has 0 radical (unpaired) electrons. The minimum absolute atomic E-state index is 0. The number of carbonyl (C=O) groups excluding carboxylic acids is 1. The number of hydrogen-bond acceptors (Lipinski definition) is 3. The molecule has 1 aromatic heterocycles. The van der Waals surface area contributed by atoms with Gasteiger partial charge in [-0.15, -0.1) is 12.4 Å². The number of piperidine rings is 1. The predicted molar refractivity (Wildman–Crippen MR) is 96.4 cm³/mol. The standard InChI is InChI=1S/C16H19BrN4O.ClH/c1-11-8-18-6-5-15(11)20-16(22)12-9-19-21(10-12)14-4-2-3-13(17)7-14;/h2-4,7,9-11,15,18H,5-6,8H2,1H3,(H,20,22);1H. The summed E-state index contributed by atoms with van der Waals surface area (Å²) in [6, 6.07) is 8.04. The summed E-state index contributed by atoms with van der Waals surface area (Å²) in [6.45, 7) is 4.05. The van der Waals surface area contributed by atoms with Crippen molar-refractivity contribution < 1.29 is 4.79 Å². The van der Waals surface area contributed by atoms with E-state index in [9.17, 15) is 4.79 Å². The van der Waals surface area contributed by atoms with Crippen LogP contribution in [0, 0.1) is 5.92 Å². The zero-order valence-corrected chi connectivity index (χ0v) is 15.2. The lowest BCUT2D eigenvalue weighted by atomic mass is 9.95. The van der Waals surface area contributed by atoms with Crippen LogP contribution in [-0.4, -0.2) is 34.8 Å². The third-order valence-electron chi connectivity index (χ3n) is 4.02. The maximum atomic E-state index is 12.4. The lowest BCUT2D eigenvalue weighted by Crippen LogP contribution is -2.48. The summed E-state index contributed by atoms with van der Waals surface area (Å²) in [5.74, 6) is 0.387. The van der Waals surface area contributed by atoms with E-state index in [1.165, 1.54) is 0 Å². The van der Waals surface area contributed by atoms with Gasteiger partial charge in [0.05, 0.1) is 17.4 Å². The van der Waals surface area contributed by atoms with Crippen LogP contribution in [0.2, 0.25) is 0 Å². The smallest absolute Gasteiger partial charge is 0.254 e. The van der Waals surface area contributed by atoms with Crippen LogP contribution >= 0.6 is 28.3 Å². The number of benzene rings is 1. The first-order chi connectivity index (χ1) is 10.6. The molecule has 0 aliphatic carbocycles. The number of aromatic nitrogens is 2. The van der Waals surface area contributed by atoms with Crippen LogP contribution < -0.4 is 10.6 Å². The molecule has 1 saturated heterocycles. The van der Waals surface area contributed by atoms with Gasteiger partial charge in [0.2, 0.25) is 0 Å². The molecule has 0 bridgehead atoms. The van der Waals surface area contributed by atoms with E-state index in [1.807, 2.05) is 24.3 Å². The highest BCUT2D eigenvalue weighted by molar-refractivity contribution is 9.10. The molecule has 2 unspecified atom stereocenters. The number of hydrogen-bond donors (Lipinski definition) is 2. The van der Waals surface area contributed by atoms with Crippen LogP contribution in [-0.2, 0) is 0 Å². The molecule has 1 aliphatic heterocycles. The molecule has 5 nitrogen and oxygen atoms in total. The van der Waals surface area contributed by atoms with Crippen LogP contribution in [0.15, 0.2) is 41.1 Å². The van der Waals surface area contributed by atoms with Gasteiger partial charge in [-0.05, 0) is 43.6 Å². The predicted octanol–water partition coefficient (Wildman–Crippen LogP) is 2.78. The van der Waals surface area contributed by atoms with Crippen molar-refractivity contribution in [2.75, 3.05) is 13.1 Å². The minimum Gasteiger partial charge on any atom is -0.349 e. The van der Waals surface area contributed by atoms with Crippen LogP contribution in [0.5, 0.6) is 0 Å². The number of halogens is 2. The molecular weight excluding hydrogens is 380 g/mol. The SMILES string of the molecule is CC1CNCCC1NC(=O)c1cnn(-c2cccc(Br)c2)c1.Cl. The average molecular weight is 400 g/mol. The largest absolute Gasteiger partial charge is 0.349 e. The molecule has 7 heteroatoms. The number of nitrogens with one attached hydrogen (secondary N) is 2. The summed E-state index contributed by atoms with van der Waals surface area (Å²) in [5.41, 5.74) is 1.51. The van der Waals surface area contributed by atoms with Crippen LogP contribution in [0.4, 0.5) is 0 Å². The number of amides is 1. The second-order valence-electron chi connectivity index (χ2n) is 5.70. The summed E-state index contributed by atoms with van der Waals surface area (Å²) in [6.07, 6.45) is 4.34. The van der Waals surface area contributed by atoms with Gasteiger partial charge in [-0.25, -0.2) is 4.68 Å². The minimum atomic E-state index is -0.0556. The molecule has 1 aliphatic rings. The Kier molecular flexibility index (Phi) is 6.21. The highest BCUT2D eigenvalue weighted by Crippen LogP contribution is 2.16. The zero-order chi connectivity index (χ0) is 15.5. The van der Waals surface area contributed by atoms with Crippen LogP contribution in [0.3, 0.4) is 0 Å². The molecule has 1 aromatic carbocycles. The maximum Gasteiger partial charge on any atom is 0.254 e. The third kappa shape index (κ3) is 4.34. The maximum absolute atomic E-state index is 12.4. The van der Waals surface area contributed by atoms with E-state index in [2.05, 4.69) is 38.6 Å². The molecule has 2 N–H and O–H groups in total. The Morgan fingerprint density at radius 2 is 2.30 bits per heavy atom. The topological polar surface area (TPSA) is 58.9 Å². The van der Waals surface area contributed by atoms with Crippen molar-refractivity contribution in [1.82, 2.24) is 20.4 Å². The first-order valence-electron chi connectivity index (χ1n) is 7.45. The first-order valence-corrected chi connectivity index (χ1v) is 8.25. The second kappa shape index (κ2) is 7.95. The fourth-order valence-corrected chi connectivity index (χ4v) is 3.07. The molecule has 0 saturated carbocycles. The summed E-state index contributed by atoms with van der Waals surface area (Å²) < 4.78 is 2.70. The normalized spacial score (nSPS) is 20.6. The fourth-order valence-electron chi connectivity index (χ4n) is 2.68. The molecule has 23 heavy (non-hydrogen) atoms. The average Bonchev–Trinajstić information content (AvgIpc) is 2.99. The van der Waals surface area contributed by atoms with Crippen molar-refractivity contribution in [1.29, 1.82) is 0 Å². The Bertz CT molecular complexity index is 676.